The van der Waals surface area contributed by atoms with Crippen LogP contribution in [-0.4, -0.2) is 37.1 Å². The van der Waals surface area contributed by atoms with Crippen LogP contribution in [-0.2, 0) is 0 Å². The van der Waals surface area contributed by atoms with Crippen LogP contribution >= 0.6 is 0 Å². The zero-order chi connectivity index (χ0) is 14.3. The van der Waals surface area contributed by atoms with Crippen LogP contribution in [0.5, 0.6) is 0 Å². The second-order valence-corrected chi connectivity index (χ2v) is 7.57. The Kier molecular flexibility index (Phi) is 6.83. The lowest BCUT2D eigenvalue weighted by Crippen LogP contribution is -2.39. The quantitative estimate of drug-likeness (QED) is 0.670. The lowest BCUT2D eigenvalue weighted by Gasteiger charge is -2.39. The smallest absolute Gasteiger partial charge is 0.00103 e. The minimum atomic E-state index is 0.645. The zero-order valence-electron chi connectivity index (χ0n) is 13.9. The Morgan fingerprint density at radius 2 is 1.55 bits per heavy atom. The molecule has 2 fully saturated rings. The Labute approximate surface area is 126 Å². The van der Waals surface area contributed by atoms with Gasteiger partial charge in [-0.1, -0.05) is 39.5 Å². The van der Waals surface area contributed by atoms with Gasteiger partial charge in [0.2, 0.25) is 0 Å². The molecule has 1 N–H and O–H groups in total. The number of hydrogen-bond acceptors (Lipinski definition) is 2. The molecule has 1 saturated carbocycles. The molecular formula is C18H36N2. The van der Waals surface area contributed by atoms with Crippen molar-refractivity contribution in [1.29, 1.82) is 0 Å². The zero-order valence-corrected chi connectivity index (χ0v) is 13.9. The van der Waals surface area contributed by atoms with Gasteiger partial charge in [0.1, 0.15) is 0 Å². The number of hydrogen-bond donors (Lipinski definition) is 1. The van der Waals surface area contributed by atoms with Gasteiger partial charge in [-0.05, 0) is 70.1 Å². The monoisotopic (exact) mass is 280 g/mol. The topological polar surface area (TPSA) is 15.3 Å². The van der Waals surface area contributed by atoms with Crippen LogP contribution in [0.25, 0.3) is 0 Å². The highest BCUT2D eigenvalue weighted by Crippen LogP contribution is 2.46. The molecule has 1 heterocycles. The van der Waals surface area contributed by atoms with Crippen LogP contribution in [0.4, 0.5) is 0 Å². The summed E-state index contributed by atoms with van der Waals surface area (Å²) in [5.74, 6) is 0. The average molecular weight is 280 g/mol. The second-order valence-electron chi connectivity index (χ2n) is 7.57. The molecule has 0 aromatic carbocycles. The molecule has 0 unspecified atom stereocenters. The molecule has 1 aliphatic heterocycles. The summed E-state index contributed by atoms with van der Waals surface area (Å²) in [4.78, 5) is 2.73. The Balaban J connectivity index is 1.45. The van der Waals surface area contributed by atoms with Crippen LogP contribution in [0.1, 0.15) is 78.1 Å². The van der Waals surface area contributed by atoms with E-state index >= 15 is 0 Å². The lowest BCUT2D eigenvalue weighted by atomic mass is 9.77. The van der Waals surface area contributed by atoms with Gasteiger partial charge in [-0.25, -0.2) is 0 Å². The third-order valence-corrected chi connectivity index (χ3v) is 5.53. The lowest BCUT2D eigenvalue weighted by molar-refractivity contribution is 0.107. The molecule has 0 radical (unpaired) electrons. The van der Waals surface area contributed by atoms with Crippen LogP contribution in [0, 0.1) is 5.41 Å². The standard InChI is InChI=1S/C18H36N2/c1-17(2)19-13-7-3-4-8-14-20-15-11-18(12-16-20)9-5-6-10-18/h17,19H,3-16H2,1-2H3. The van der Waals surface area contributed by atoms with E-state index < -0.39 is 0 Å². The van der Waals surface area contributed by atoms with Crippen molar-refractivity contribution in [1.82, 2.24) is 10.2 Å². The molecule has 118 valence electrons. The molecule has 2 rings (SSSR count). The van der Waals surface area contributed by atoms with Gasteiger partial charge in [0, 0.05) is 6.04 Å². The van der Waals surface area contributed by atoms with Crippen molar-refractivity contribution in [2.75, 3.05) is 26.2 Å². The Bertz CT molecular complexity index is 246. The number of piperidine rings is 1. The van der Waals surface area contributed by atoms with E-state index in [1.54, 1.807) is 0 Å². The van der Waals surface area contributed by atoms with Gasteiger partial charge >= 0.3 is 0 Å². The summed E-state index contributed by atoms with van der Waals surface area (Å²) in [6.45, 7) is 9.78. The van der Waals surface area contributed by atoms with E-state index in [0.717, 1.165) is 5.41 Å². The van der Waals surface area contributed by atoms with Gasteiger partial charge in [0.05, 0.1) is 0 Å². The van der Waals surface area contributed by atoms with Crippen molar-refractivity contribution in [3.8, 4) is 0 Å². The van der Waals surface area contributed by atoms with Crippen LogP contribution in [0.15, 0.2) is 0 Å². The SMILES string of the molecule is CC(C)NCCCCCCN1CCC2(CCCC2)CC1. The van der Waals surface area contributed by atoms with E-state index in [1.807, 2.05) is 0 Å². The van der Waals surface area contributed by atoms with Crippen molar-refractivity contribution < 1.29 is 0 Å². The molecule has 0 aromatic heterocycles. The maximum atomic E-state index is 3.50. The van der Waals surface area contributed by atoms with Crippen LogP contribution < -0.4 is 5.32 Å². The summed E-state index contributed by atoms with van der Waals surface area (Å²) in [5, 5.41) is 3.50. The predicted molar refractivity (Wildman–Crippen MR) is 88.2 cm³/mol. The van der Waals surface area contributed by atoms with Gasteiger partial charge in [0.25, 0.3) is 0 Å². The van der Waals surface area contributed by atoms with Crippen molar-refractivity contribution in [2.24, 2.45) is 5.41 Å². The number of rotatable bonds is 8. The Morgan fingerprint density at radius 1 is 0.900 bits per heavy atom. The van der Waals surface area contributed by atoms with Gasteiger partial charge in [-0.2, -0.15) is 0 Å². The van der Waals surface area contributed by atoms with Crippen LogP contribution in [0.3, 0.4) is 0 Å². The minimum Gasteiger partial charge on any atom is -0.315 e. The summed E-state index contributed by atoms with van der Waals surface area (Å²) in [5.41, 5.74) is 0.791. The molecule has 1 spiro atoms. The van der Waals surface area contributed by atoms with Gasteiger partial charge in [0.15, 0.2) is 0 Å². The number of nitrogens with zero attached hydrogens (tertiary/aromatic N) is 1. The number of unbranched alkanes of at least 4 members (excludes halogenated alkanes) is 3. The Hall–Kier alpha value is -0.0800. The van der Waals surface area contributed by atoms with E-state index in [9.17, 15) is 0 Å². The molecule has 2 aliphatic rings. The fourth-order valence-electron chi connectivity index (χ4n) is 4.08. The summed E-state index contributed by atoms with van der Waals surface area (Å²) in [7, 11) is 0. The Morgan fingerprint density at radius 3 is 2.20 bits per heavy atom. The first-order chi connectivity index (χ1) is 9.70. The van der Waals surface area contributed by atoms with E-state index in [0.29, 0.717) is 6.04 Å². The third-order valence-electron chi connectivity index (χ3n) is 5.53. The maximum absolute atomic E-state index is 3.50. The van der Waals surface area contributed by atoms with E-state index in [4.69, 9.17) is 0 Å². The fourth-order valence-corrected chi connectivity index (χ4v) is 4.08. The minimum absolute atomic E-state index is 0.645. The highest BCUT2D eigenvalue weighted by molar-refractivity contribution is 4.89. The molecule has 1 saturated heterocycles. The third kappa shape index (κ3) is 5.37. The van der Waals surface area contributed by atoms with Crippen molar-refractivity contribution in [3.63, 3.8) is 0 Å². The van der Waals surface area contributed by atoms with Gasteiger partial charge in [-0.15, -0.1) is 0 Å². The molecule has 0 atom stereocenters. The molecule has 0 bridgehead atoms. The molecule has 0 aromatic rings. The highest BCUT2D eigenvalue weighted by atomic mass is 15.1. The van der Waals surface area contributed by atoms with Crippen molar-refractivity contribution in [3.05, 3.63) is 0 Å². The van der Waals surface area contributed by atoms with Crippen molar-refractivity contribution in [2.45, 2.75) is 84.1 Å². The van der Waals surface area contributed by atoms with Gasteiger partial charge in [-0.3, -0.25) is 0 Å². The van der Waals surface area contributed by atoms with Crippen molar-refractivity contribution >= 4 is 0 Å². The largest absolute Gasteiger partial charge is 0.315 e. The fraction of sp³-hybridized carbons (Fsp3) is 1.00. The van der Waals surface area contributed by atoms with E-state index in [1.165, 1.54) is 90.4 Å². The van der Waals surface area contributed by atoms with Crippen LogP contribution in [0.2, 0.25) is 0 Å². The molecule has 1 aliphatic carbocycles. The first-order valence-electron chi connectivity index (χ1n) is 9.16. The number of likely N-dealkylation sites (tertiary alicyclic amines) is 1. The molecule has 2 nitrogen and oxygen atoms in total. The molecule has 2 heteroatoms. The summed E-state index contributed by atoms with van der Waals surface area (Å²) in [6.07, 6.45) is 14.6. The van der Waals surface area contributed by atoms with E-state index in [2.05, 4.69) is 24.1 Å². The molecule has 20 heavy (non-hydrogen) atoms. The summed E-state index contributed by atoms with van der Waals surface area (Å²) in [6, 6.07) is 0.645. The summed E-state index contributed by atoms with van der Waals surface area (Å²) < 4.78 is 0. The second kappa shape index (κ2) is 8.38. The number of nitrogens with one attached hydrogen (secondary N) is 1. The maximum Gasteiger partial charge on any atom is 0.00103 e. The normalized spacial score (nSPS) is 22.9. The van der Waals surface area contributed by atoms with Gasteiger partial charge < -0.3 is 10.2 Å². The summed E-state index contributed by atoms with van der Waals surface area (Å²) >= 11 is 0. The highest BCUT2D eigenvalue weighted by Gasteiger charge is 2.36. The first-order valence-corrected chi connectivity index (χ1v) is 9.16. The molecule has 0 amide bonds. The average Bonchev–Trinajstić information content (AvgIpc) is 2.88. The van der Waals surface area contributed by atoms with E-state index in [-0.39, 0.29) is 0 Å². The molecular weight excluding hydrogens is 244 g/mol. The predicted octanol–water partition coefficient (Wildman–Crippen LogP) is 4.20. The first kappa shape index (κ1) is 16.3.